The summed E-state index contributed by atoms with van der Waals surface area (Å²) in [6.45, 7) is 2.66. The van der Waals surface area contributed by atoms with Crippen molar-refractivity contribution in [2.45, 2.75) is 25.9 Å². The van der Waals surface area contributed by atoms with Crippen LogP contribution in [0.4, 0.5) is 8.78 Å². The van der Waals surface area contributed by atoms with Crippen LogP contribution in [0.1, 0.15) is 36.1 Å². The van der Waals surface area contributed by atoms with Gasteiger partial charge >= 0.3 is 0 Å². The SMILES string of the molecule is C[C@@H](NCc1ccc(C(F)F)cc1)c1cccc(Cl)c1. The van der Waals surface area contributed by atoms with Crippen LogP contribution in [0.15, 0.2) is 48.5 Å². The zero-order chi connectivity index (χ0) is 14.5. The van der Waals surface area contributed by atoms with E-state index in [1.807, 2.05) is 31.2 Å². The second-order valence-corrected chi connectivity index (χ2v) is 5.14. The van der Waals surface area contributed by atoms with Gasteiger partial charge in [0, 0.05) is 23.2 Å². The van der Waals surface area contributed by atoms with Crippen LogP contribution in [0.2, 0.25) is 5.02 Å². The summed E-state index contributed by atoms with van der Waals surface area (Å²) in [6.07, 6.45) is -2.41. The Morgan fingerprint density at radius 3 is 2.35 bits per heavy atom. The van der Waals surface area contributed by atoms with E-state index >= 15 is 0 Å². The quantitative estimate of drug-likeness (QED) is 0.806. The third kappa shape index (κ3) is 4.02. The number of rotatable bonds is 5. The van der Waals surface area contributed by atoms with Gasteiger partial charge in [-0.1, -0.05) is 48.0 Å². The lowest BCUT2D eigenvalue weighted by Gasteiger charge is -2.14. The molecule has 0 aliphatic rings. The molecule has 2 aromatic rings. The first-order chi connectivity index (χ1) is 9.56. The van der Waals surface area contributed by atoms with Crippen molar-refractivity contribution in [3.05, 3.63) is 70.2 Å². The number of halogens is 3. The van der Waals surface area contributed by atoms with E-state index in [0.29, 0.717) is 11.6 Å². The van der Waals surface area contributed by atoms with Crippen LogP contribution in [0.5, 0.6) is 0 Å². The highest BCUT2D eigenvalue weighted by atomic mass is 35.5. The second-order valence-electron chi connectivity index (χ2n) is 4.70. The van der Waals surface area contributed by atoms with Gasteiger partial charge in [0.25, 0.3) is 6.43 Å². The Morgan fingerprint density at radius 1 is 1.05 bits per heavy atom. The number of hydrogen-bond donors (Lipinski definition) is 1. The molecule has 0 unspecified atom stereocenters. The van der Waals surface area contributed by atoms with Crippen molar-refractivity contribution in [2.24, 2.45) is 0 Å². The van der Waals surface area contributed by atoms with Crippen LogP contribution in [0.25, 0.3) is 0 Å². The standard InChI is InChI=1S/C16H16ClF2N/c1-11(14-3-2-4-15(17)9-14)20-10-12-5-7-13(8-6-12)16(18)19/h2-9,11,16,20H,10H2,1H3/t11-/m1/s1. The Kier molecular flexibility index (Phi) is 5.10. The molecule has 106 valence electrons. The van der Waals surface area contributed by atoms with Crippen molar-refractivity contribution in [1.82, 2.24) is 5.32 Å². The van der Waals surface area contributed by atoms with Crippen molar-refractivity contribution in [3.63, 3.8) is 0 Å². The van der Waals surface area contributed by atoms with Crippen LogP contribution < -0.4 is 5.32 Å². The first kappa shape index (κ1) is 14.9. The minimum atomic E-state index is -2.41. The molecule has 0 aliphatic carbocycles. The molecule has 1 nitrogen and oxygen atoms in total. The molecule has 2 rings (SSSR count). The highest BCUT2D eigenvalue weighted by Gasteiger charge is 2.07. The Morgan fingerprint density at radius 2 is 1.75 bits per heavy atom. The van der Waals surface area contributed by atoms with Gasteiger partial charge in [-0.05, 0) is 30.2 Å². The smallest absolute Gasteiger partial charge is 0.263 e. The normalized spacial score (nSPS) is 12.7. The third-order valence-corrected chi connectivity index (χ3v) is 3.43. The summed E-state index contributed by atoms with van der Waals surface area (Å²) >= 11 is 5.95. The van der Waals surface area contributed by atoms with Crippen molar-refractivity contribution < 1.29 is 8.78 Å². The lowest BCUT2D eigenvalue weighted by Crippen LogP contribution is -2.18. The lowest BCUT2D eigenvalue weighted by atomic mass is 10.1. The van der Waals surface area contributed by atoms with E-state index in [2.05, 4.69) is 5.32 Å². The largest absolute Gasteiger partial charge is 0.306 e. The zero-order valence-electron chi connectivity index (χ0n) is 11.1. The summed E-state index contributed by atoms with van der Waals surface area (Å²) in [6, 6.07) is 14.2. The molecular weight excluding hydrogens is 280 g/mol. The Hall–Kier alpha value is -1.45. The lowest BCUT2D eigenvalue weighted by molar-refractivity contribution is 0.151. The highest BCUT2D eigenvalue weighted by molar-refractivity contribution is 6.30. The van der Waals surface area contributed by atoms with E-state index in [1.165, 1.54) is 12.1 Å². The zero-order valence-corrected chi connectivity index (χ0v) is 11.9. The Labute approximate surface area is 122 Å². The maximum absolute atomic E-state index is 12.4. The van der Waals surface area contributed by atoms with Crippen LogP contribution in [-0.4, -0.2) is 0 Å². The van der Waals surface area contributed by atoms with Crippen molar-refractivity contribution >= 4 is 11.6 Å². The van der Waals surface area contributed by atoms with Gasteiger partial charge in [-0.15, -0.1) is 0 Å². The molecule has 1 N–H and O–H groups in total. The minimum Gasteiger partial charge on any atom is -0.306 e. The van der Waals surface area contributed by atoms with E-state index in [1.54, 1.807) is 12.1 Å². The van der Waals surface area contributed by atoms with Gasteiger partial charge < -0.3 is 5.32 Å². The van der Waals surface area contributed by atoms with Crippen molar-refractivity contribution in [3.8, 4) is 0 Å². The van der Waals surface area contributed by atoms with Gasteiger partial charge in [0.1, 0.15) is 0 Å². The summed E-state index contributed by atoms with van der Waals surface area (Å²) in [5, 5.41) is 4.05. The summed E-state index contributed by atoms with van der Waals surface area (Å²) < 4.78 is 24.9. The van der Waals surface area contributed by atoms with Crippen LogP contribution in [-0.2, 0) is 6.54 Å². The average Bonchev–Trinajstić information content (AvgIpc) is 2.45. The summed E-state index contributed by atoms with van der Waals surface area (Å²) in [5.41, 5.74) is 2.13. The number of alkyl halides is 2. The van der Waals surface area contributed by atoms with Gasteiger partial charge in [0.2, 0.25) is 0 Å². The molecule has 4 heteroatoms. The predicted octanol–water partition coefficient (Wildman–Crippen LogP) is 5.13. The molecule has 0 saturated carbocycles. The molecule has 0 aliphatic heterocycles. The van der Waals surface area contributed by atoms with Crippen LogP contribution in [0, 0.1) is 0 Å². The van der Waals surface area contributed by atoms with Gasteiger partial charge in [-0.3, -0.25) is 0 Å². The molecule has 0 amide bonds. The second kappa shape index (κ2) is 6.82. The topological polar surface area (TPSA) is 12.0 Å². The molecule has 0 spiro atoms. The molecular formula is C16H16ClF2N. The Balaban J connectivity index is 1.94. The fourth-order valence-electron chi connectivity index (χ4n) is 1.95. The third-order valence-electron chi connectivity index (χ3n) is 3.19. The fourth-order valence-corrected chi connectivity index (χ4v) is 2.14. The molecule has 2 aromatic carbocycles. The van der Waals surface area contributed by atoms with Gasteiger partial charge in [0.05, 0.1) is 0 Å². The number of benzene rings is 2. The molecule has 1 atom stereocenters. The van der Waals surface area contributed by atoms with E-state index in [-0.39, 0.29) is 11.6 Å². The van der Waals surface area contributed by atoms with Gasteiger partial charge in [-0.25, -0.2) is 8.78 Å². The summed E-state index contributed by atoms with van der Waals surface area (Å²) in [5.74, 6) is 0. The molecule has 0 fully saturated rings. The number of nitrogens with one attached hydrogen (secondary N) is 1. The monoisotopic (exact) mass is 295 g/mol. The summed E-state index contributed by atoms with van der Waals surface area (Å²) in [4.78, 5) is 0. The molecule has 0 aromatic heterocycles. The van der Waals surface area contributed by atoms with E-state index in [4.69, 9.17) is 11.6 Å². The fraction of sp³-hybridized carbons (Fsp3) is 0.250. The first-order valence-electron chi connectivity index (χ1n) is 6.42. The van der Waals surface area contributed by atoms with Crippen LogP contribution >= 0.6 is 11.6 Å². The van der Waals surface area contributed by atoms with Crippen molar-refractivity contribution in [2.75, 3.05) is 0 Å². The first-order valence-corrected chi connectivity index (χ1v) is 6.80. The predicted molar refractivity (Wildman–Crippen MR) is 78.1 cm³/mol. The highest BCUT2D eigenvalue weighted by Crippen LogP contribution is 2.20. The van der Waals surface area contributed by atoms with Crippen molar-refractivity contribution in [1.29, 1.82) is 0 Å². The number of hydrogen-bond acceptors (Lipinski definition) is 1. The van der Waals surface area contributed by atoms with Gasteiger partial charge in [-0.2, -0.15) is 0 Å². The maximum Gasteiger partial charge on any atom is 0.263 e. The summed E-state index contributed by atoms with van der Waals surface area (Å²) in [7, 11) is 0. The maximum atomic E-state index is 12.4. The molecule has 20 heavy (non-hydrogen) atoms. The van der Waals surface area contributed by atoms with E-state index in [9.17, 15) is 8.78 Å². The molecule has 0 radical (unpaired) electrons. The molecule has 0 bridgehead atoms. The molecule has 0 saturated heterocycles. The Bertz CT molecular complexity index is 555. The van der Waals surface area contributed by atoms with Crippen LogP contribution in [0.3, 0.4) is 0 Å². The van der Waals surface area contributed by atoms with E-state index < -0.39 is 6.43 Å². The van der Waals surface area contributed by atoms with E-state index in [0.717, 1.165) is 11.1 Å². The van der Waals surface area contributed by atoms with Gasteiger partial charge in [0.15, 0.2) is 0 Å². The average molecular weight is 296 g/mol. The molecule has 0 heterocycles. The minimum absolute atomic E-state index is 0.0524.